The van der Waals surface area contributed by atoms with Crippen LogP contribution >= 0.6 is 15.9 Å². The summed E-state index contributed by atoms with van der Waals surface area (Å²) in [5, 5.41) is 8.23. The van der Waals surface area contributed by atoms with Crippen LogP contribution in [0, 0.1) is 0 Å². The van der Waals surface area contributed by atoms with Crippen LogP contribution in [-0.2, 0) is 19.9 Å². The van der Waals surface area contributed by atoms with E-state index >= 15 is 0 Å². The van der Waals surface area contributed by atoms with Gasteiger partial charge < -0.3 is 10.2 Å². The molecule has 0 radical (unpaired) electrons. The van der Waals surface area contributed by atoms with Crippen LogP contribution in [-0.4, -0.2) is 46.9 Å². The van der Waals surface area contributed by atoms with E-state index in [9.17, 15) is 0 Å². The van der Waals surface area contributed by atoms with Crippen molar-refractivity contribution in [3.8, 4) is 0 Å². The Morgan fingerprint density at radius 1 is 1.35 bits per heavy atom. The molecular formula is C15H29BrN4. The van der Waals surface area contributed by atoms with Gasteiger partial charge in [-0.05, 0) is 56.8 Å². The molecule has 0 saturated carbocycles. The number of hydrogen-bond donors (Lipinski definition) is 1. The summed E-state index contributed by atoms with van der Waals surface area (Å²) in [6.45, 7) is 9.84. The van der Waals surface area contributed by atoms with Crippen molar-refractivity contribution < 1.29 is 0 Å². The van der Waals surface area contributed by atoms with E-state index in [4.69, 9.17) is 0 Å². The molecule has 4 nitrogen and oxygen atoms in total. The van der Waals surface area contributed by atoms with Crippen LogP contribution in [0.15, 0.2) is 4.47 Å². The molecule has 116 valence electrons. The van der Waals surface area contributed by atoms with Gasteiger partial charge in [0.15, 0.2) is 0 Å². The van der Waals surface area contributed by atoms with E-state index in [1.165, 1.54) is 10.2 Å². The Bertz CT molecular complexity index is 437. The van der Waals surface area contributed by atoms with Crippen molar-refractivity contribution in [2.24, 2.45) is 7.05 Å². The third-order valence-electron chi connectivity index (χ3n) is 4.36. The van der Waals surface area contributed by atoms with E-state index in [1.54, 1.807) is 0 Å². The second-order valence-corrected chi connectivity index (χ2v) is 6.84. The van der Waals surface area contributed by atoms with Crippen molar-refractivity contribution >= 4 is 15.9 Å². The Kier molecular flexibility index (Phi) is 6.23. The first kappa shape index (κ1) is 17.7. The average Bonchev–Trinajstić information content (AvgIpc) is 2.64. The van der Waals surface area contributed by atoms with Gasteiger partial charge in [-0.3, -0.25) is 4.68 Å². The Morgan fingerprint density at radius 2 is 1.95 bits per heavy atom. The molecule has 1 heterocycles. The molecule has 1 rings (SSSR count). The molecule has 1 N–H and O–H groups in total. The molecule has 1 atom stereocenters. The van der Waals surface area contributed by atoms with Crippen molar-refractivity contribution in [2.75, 3.05) is 20.6 Å². The van der Waals surface area contributed by atoms with Crippen LogP contribution < -0.4 is 5.32 Å². The molecule has 0 fully saturated rings. The molecule has 0 aliphatic carbocycles. The van der Waals surface area contributed by atoms with Crippen molar-refractivity contribution in [3.05, 3.63) is 15.9 Å². The van der Waals surface area contributed by atoms with Crippen molar-refractivity contribution in [1.82, 2.24) is 20.0 Å². The van der Waals surface area contributed by atoms with Gasteiger partial charge in [-0.15, -0.1) is 0 Å². The minimum absolute atomic E-state index is 0.0755. The van der Waals surface area contributed by atoms with Crippen molar-refractivity contribution in [2.45, 2.75) is 52.1 Å². The van der Waals surface area contributed by atoms with Gasteiger partial charge in [-0.2, -0.15) is 5.10 Å². The van der Waals surface area contributed by atoms with Gasteiger partial charge >= 0.3 is 0 Å². The summed E-state index contributed by atoms with van der Waals surface area (Å²) < 4.78 is 3.18. The fraction of sp³-hybridized carbons (Fsp3) is 0.800. The van der Waals surface area contributed by atoms with Gasteiger partial charge in [0.05, 0.1) is 15.9 Å². The third-order valence-corrected chi connectivity index (χ3v) is 5.27. The van der Waals surface area contributed by atoms with Gasteiger partial charge in [0.2, 0.25) is 0 Å². The van der Waals surface area contributed by atoms with Gasteiger partial charge in [-0.1, -0.05) is 13.8 Å². The standard InChI is InChI=1S/C15H29BrN4/c1-8-11-14(16)12(20(7)18-11)10-13(17-9-2)15(3,4)19(5)6/h13,17H,8-10H2,1-7H3. The van der Waals surface area contributed by atoms with Gasteiger partial charge in [0.1, 0.15) is 0 Å². The molecule has 0 spiro atoms. The zero-order chi connectivity index (χ0) is 15.5. The smallest absolute Gasteiger partial charge is 0.0766 e. The maximum atomic E-state index is 4.60. The second-order valence-electron chi connectivity index (χ2n) is 6.05. The topological polar surface area (TPSA) is 33.1 Å². The summed E-state index contributed by atoms with van der Waals surface area (Å²) >= 11 is 3.72. The lowest BCUT2D eigenvalue weighted by atomic mass is 9.89. The van der Waals surface area contributed by atoms with E-state index in [1.807, 2.05) is 11.7 Å². The van der Waals surface area contributed by atoms with Crippen LogP contribution in [0.25, 0.3) is 0 Å². The van der Waals surface area contributed by atoms with Crippen molar-refractivity contribution in [3.63, 3.8) is 0 Å². The van der Waals surface area contributed by atoms with Crippen LogP contribution in [0.5, 0.6) is 0 Å². The zero-order valence-corrected chi connectivity index (χ0v) is 15.5. The Labute approximate surface area is 132 Å². The van der Waals surface area contributed by atoms with E-state index in [-0.39, 0.29) is 5.54 Å². The van der Waals surface area contributed by atoms with Crippen LogP contribution in [0.4, 0.5) is 0 Å². The zero-order valence-electron chi connectivity index (χ0n) is 13.9. The second kappa shape index (κ2) is 7.05. The fourth-order valence-corrected chi connectivity index (χ4v) is 3.14. The summed E-state index contributed by atoms with van der Waals surface area (Å²) in [5.41, 5.74) is 2.48. The van der Waals surface area contributed by atoms with Gasteiger partial charge in [-0.25, -0.2) is 0 Å². The number of halogens is 1. The average molecular weight is 345 g/mol. The lowest BCUT2D eigenvalue weighted by Crippen LogP contribution is -2.56. The number of hydrogen-bond acceptors (Lipinski definition) is 3. The van der Waals surface area contributed by atoms with Gasteiger partial charge in [0, 0.05) is 25.0 Å². The highest BCUT2D eigenvalue weighted by Gasteiger charge is 2.32. The number of aromatic nitrogens is 2. The molecule has 0 amide bonds. The van der Waals surface area contributed by atoms with Crippen LogP contribution in [0.2, 0.25) is 0 Å². The summed E-state index contributed by atoms with van der Waals surface area (Å²) in [5.74, 6) is 0. The summed E-state index contributed by atoms with van der Waals surface area (Å²) in [6, 6.07) is 0.374. The molecule has 20 heavy (non-hydrogen) atoms. The Balaban J connectivity index is 3.05. The number of nitrogens with one attached hydrogen (secondary N) is 1. The molecule has 1 aromatic heterocycles. The lowest BCUT2D eigenvalue weighted by molar-refractivity contribution is 0.137. The Morgan fingerprint density at radius 3 is 2.35 bits per heavy atom. The summed E-state index contributed by atoms with van der Waals surface area (Å²) in [4.78, 5) is 2.28. The largest absolute Gasteiger partial charge is 0.312 e. The SMILES string of the molecule is CCNC(Cc1c(Br)c(CC)nn1C)C(C)(C)N(C)C. The molecule has 1 unspecified atom stereocenters. The molecule has 0 aliphatic heterocycles. The maximum Gasteiger partial charge on any atom is 0.0766 e. The fourth-order valence-electron chi connectivity index (χ4n) is 2.36. The first-order chi connectivity index (χ1) is 9.25. The molecular weight excluding hydrogens is 316 g/mol. The first-order valence-electron chi connectivity index (χ1n) is 7.36. The summed E-state index contributed by atoms with van der Waals surface area (Å²) in [7, 11) is 6.31. The van der Waals surface area contributed by atoms with Gasteiger partial charge in [0.25, 0.3) is 0 Å². The van der Waals surface area contributed by atoms with Crippen LogP contribution in [0.1, 0.15) is 39.1 Å². The van der Waals surface area contributed by atoms with Crippen molar-refractivity contribution in [1.29, 1.82) is 0 Å². The minimum Gasteiger partial charge on any atom is -0.312 e. The first-order valence-corrected chi connectivity index (χ1v) is 8.15. The lowest BCUT2D eigenvalue weighted by Gasteiger charge is -2.40. The highest BCUT2D eigenvalue weighted by molar-refractivity contribution is 9.10. The molecule has 0 aromatic carbocycles. The predicted molar refractivity (Wildman–Crippen MR) is 89.2 cm³/mol. The highest BCUT2D eigenvalue weighted by atomic mass is 79.9. The third kappa shape index (κ3) is 3.62. The van der Waals surface area contributed by atoms with Crippen LogP contribution in [0.3, 0.4) is 0 Å². The monoisotopic (exact) mass is 344 g/mol. The molecule has 0 saturated heterocycles. The van der Waals surface area contributed by atoms with E-state index in [0.29, 0.717) is 6.04 Å². The molecule has 0 aliphatic rings. The maximum absolute atomic E-state index is 4.60. The molecule has 1 aromatic rings. The number of rotatable bonds is 7. The predicted octanol–water partition coefficient (Wildman–Crippen LogP) is 2.61. The minimum atomic E-state index is 0.0755. The quantitative estimate of drug-likeness (QED) is 0.825. The molecule has 5 heteroatoms. The van der Waals surface area contributed by atoms with E-state index in [2.05, 4.69) is 73.0 Å². The van der Waals surface area contributed by atoms with E-state index in [0.717, 1.165) is 25.1 Å². The normalized spacial score (nSPS) is 14.1. The number of nitrogens with zero attached hydrogens (tertiary/aromatic N) is 3. The highest BCUT2D eigenvalue weighted by Crippen LogP contribution is 2.26. The number of likely N-dealkylation sites (N-methyl/N-ethyl adjacent to an activating group) is 2. The molecule has 0 bridgehead atoms. The number of aryl methyl sites for hydroxylation is 2. The Hall–Kier alpha value is -0.390. The van der Waals surface area contributed by atoms with E-state index < -0.39 is 0 Å². The summed E-state index contributed by atoms with van der Waals surface area (Å²) in [6.07, 6.45) is 1.92.